The van der Waals surface area contributed by atoms with Crippen molar-refractivity contribution in [1.29, 1.82) is 0 Å². The van der Waals surface area contributed by atoms with Crippen LogP contribution in [-0.2, 0) is 9.53 Å². The van der Waals surface area contributed by atoms with Gasteiger partial charge < -0.3 is 24.3 Å². The molecule has 36 heavy (non-hydrogen) atoms. The van der Waals surface area contributed by atoms with Gasteiger partial charge in [0.25, 0.3) is 0 Å². The predicted molar refractivity (Wildman–Crippen MR) is 138 cm³/mol. The van der Waals surface area contributed by atoms with E-state index in [2.05, 4.69) is 15.2 Å². The van der Waals surface area contributed by atoms with E-state index in [1.165, 1.54) is 0 Å². The zero-order chi connectivity index (χ0) is 25.0. The Morgan fingerprint density at radius 1 is 1.08 bits per heavy atom. The average Bonchev–Trinajstić information content (AvgIpc) is 3.66. The minimum absolute atomic E-state index is 0.0718. The monoisotopic (exact) mass is 491 g/mol. The molecule has 0 unspecified atom stereocenters. The third-order valence-electron chi connectivity index (χ3n) is 6.86. The van der Waals surface area contributed by atoms with Crippen molar-refractivity contribution in [3.05, 3.63) is 48.7 Å². The van der Waals surface area contributed by atoms with E-state index in [9.17, 15) is 4.79 Å². The van der Waals surface area contributed by atoms with Crippen molar-refractivity contribution in [3.8, 4) is 23.0 Å². The van der Waals surface area contributed by atoms with Gasteiger partial charge in [0.05, 0.1) is 32.4 Å². The van der Waals surface area contributed by atoms with Gasteiger partial charge in [0.1, 0.15) is 11.5 Å². The van der Waals surface area contributed by atoms with Gasteiger partial charge in [-0.25, -0.2) is 0 Å². The molecule has 0 bridgehead atoms. The van der Waals surface area contributed by atoms with Gasteiger partial charge in [0.2, 0.25) is 5.91 Å². The van der Waals surface area contributed by atoms with E-state index < -0.39 is 0 Å². The summed E-state index contributed by atoms with van der Waals surface area (Å²) in [4.78, 5) is 19.2. The number of rotatable bonds is 10. The van der Waals surface area contributed by atoms with E-state index in [4.69, 9.17) is 18.9 Å². The Hall–Kier alpha value is -3.36. The lowest BCUT2D eigenvalue weighted by molar-refractivity contribution is -0.120. The van der Waals surface area contributed by atoms with Gasteiger partial charge in [0.15, 0.2) is 11.5 Å². The van der Waals surface area contributed by atoms with Crippen LogP contribution in [0.4, 0.5) is 5.69 Å². The molecule has 190 valence electrons. The Morgan fingerprint density at radius 3 is 2.58 bits per heavy atom. The summed E-state index contributed by atoms with van der Waals surface area (Å²) in [5, 5.41) is 3.81. The minimum atomic E-state index is -0.213. The Kier molecular flexibility index (Phi) is 7.25. The zero-order valence-electron chi connectivity index (χ0n) is 20.9. The van der Waals surface area contributed by atoms with Gasteiger partial charge in [0, 0.05) is 48.4 Å². The summed E-state index contributed by atoms with van der Waals surface area (Å²) in [6, 6.07) is 13.0. The van der Waals surface area contributed by atoms with E-state index in [0.29, 0.717) is 29.6 Å². The van der Waals surface area contributed by atoms with Gasteiger partial charge in [-0.05, 0) is 55.7 Å². The lowest BCUT2D eigenvalue weighted by Crippen LogP contribution is -2.37. The molecule has 2 aliphatic rings. The van der Waals surface area contributed by atoms with Gasteiger partial charge >= 0.3 is 0 Å². The van der Waals surface area contributed by atoms with Gasteiger partial charge in [-0.1, -0.05) is 6.92 Å². The molecule has 5 rings (SSSR count). The van der Waals surface area contributed by atoms with E-state index in [0.717, 1.165) is 68.7 Å². The molecule has 8 nitrogen and oxygen atoms in total. The van der Waals surface area contributed by atoms with E-state index >= 15 is 0 Å². The van der Waals surface area contributed by atoms with Crippen LogP contribution in [0.5, 0.6) is 23.0 Å². The van der Waals surface area contributed by atoms with Gasteiger partial charge in [-0.3, -0.25) is 14.7 Å². The molecule has 1 aliphatic carbocycles. The zero-order valence-corrected chi connectivity index (χ0v) is 20.9. The molecule has 2 aromatic carbocycles. The first-order valence-corrected chi connectivity index (χ1v) is 12.5. The maximum Gasteiger partial charge on any atom is 0.230 e. The molecule has 3 aromatic rings. The molecule has 8 heteroatoms. The number of amides is 1. The average molecular weight is 492 g/mol. The number of carbonyl (C=O) groups is 1. The number of benzene rings is 2. The van der Waals surface area contributed by atoms with Gasteiger partial charge in [-0.2, -0.15) is 0 Å². The number of methoxy groups -OCH3 is 1. The molecule has 2 fully saturated rings. The van der Waals surface area contributed by atoms with Crippen molar-refractivity contribution < 1.29 is 23.7 Å². The predicted octanol–water partition coefficient (Wildman–Crippen LogP) is 4.88. The van der Waals surface area contributed by atoms with Crippen LogP contribution in [-0.4, -0.2) is 62.4 Å². The molecular weight excluding hydrogens is 458 g/mol. The Balaban J connectivity index is 1.24. The Labute approximate surface area is 211 Å². The summed E-state index contributed by atoms with van der Waals surface area (Å²) in [5.74, 6) is 2.71. The second-order valence-corrected chi connectivity index (χ2v) is 9.63. The van der Waals surface area contributed by atoms with Crippen molar-refractivity contribution >= 4 is 22.5 Å². The Morgan fingerprint density at radius 2 is 1.86 bits per heavy atom. The summed E-state index contributed by atoms with van der Waals surface area (Å²) < 4.78 is 23.3. The highest BCUT2D eigenvalue weighted by Crippen LogP contribution is 2.45. The lowest BCUT2D eigenvalue weighted by Gasteiger charge is -2.26. The van der Waals surface area contributed by atoms with Crippen LogP contribution in [0.3, 0.4) is 0 Å². The molecule has 1 amide bonds. The second-order valence-electron chi connectivity index (χ2n) is 9.63. The van der Waals surface area contributed by atoms with Crippen molar-refractivity contribution in [2.45, 2.75) is 26.2 Å². The number of anilines is 1. The van der Waals surface area contributed by atoms with Crippen molar-refractivity contribution in [3.63, 3.8) is 0 Å². The minimum Gasteiger partial charge on any atom is -0.493 e. The maximum atomic E-state index is 12.3. The topological polar surface area (TPSA) is 82.2 Å². The fraction of sp³-hybridized carbons (Fsp3) is 0.429. The second kappa shape index (κ2) is 10.7. The van der Waals surface area contributed by atoms with Crippen LogP contribution >= 0.6 is 0 Å². The molecule has 0 atom stereocenters. The molecule has 1 aliphatic heterocycles. The smallest absolute Gasteiger partial charge is 0.230 e. The standard InChI is InChI=1S/C28H33N3O5/c1-28(9-10-28)27(32)30-20-4-6-21(7-5-20)36-24-8-11-29-23-19-26(25(33-2)18-22(23)24)35-15-3-12-31-13-16-34-17-14-31/h4-8,11,18-19H,3,9-10,12-17H2,1-2H3,(H,30,32). The first kappa shape index (κ1) is 24.3. The number of fused-ring (bicyclic) bond motifs is 1. The van der Waals surface area contributed by atoms with Crippen LogP contribution in [0.15, 0.2) is 48.7 Å². The fourth-order valence-corrected chi connectivity index (χ4v) is 4.21. The van der Waals surface area contributed by atoms with Crippen LogP contribution in [0.25, 0.3) is 10.9 Å². The van der Waals surface area contributed by atoms with Crippen molar-refractivity contribution in [2.24, 2.45) is 5.41 Å². The normalized spacial score (nSPS) is 16.9. The highest BCUT2D eigenvalue weighted by atomic mass is 16.5. The quantitative estimate of drug-likeness (QED) is 0.405. The molecule has 1 N–H and O–H groups in total. The van der Waals surface area contributed by atoms with E-state index in [1.54, 1.807) is 13.3 Å². The largest absolute Gasteiger partial charge is 0.493 e. The first-order valence-electron chi connectivity index (χ1n) is 12.5. The molecule has 1 aromatic heterocycles. The lowest BCUT2D eigenvalue weighted by atomic mass is 10.1. The Bertz CT molecular complexity index is 1200. The summed E-state index contributed by atoms with van der Waals surface area (Å²) in [7, 11) is 1.63. The van der Waals surface area contributed by atoms with E-state index in [1.807, 2.05) is 49.4 Å². The van der Waals surface area contributed by atoms with Crippen LogP contribution in [0.2, 0.25) is 0 Å². The highest BCUT2D eigenvalue weighted by molar-refractivity contribution is 5.96. The van der Waals surface area contributed by atoms with E-state index in [-0.39, 0.29) is 11.3 Å². The fourth-order valence-electron chi connectivity index (χ4n) is 4.21. The van der Waals surface area contributed by atoms with Crippen molar-refractivity contribution in [2.75, 3.05) is 51.9 Å². The third-order valence-corrected chi connectivity index (χ3v) is 6.86. The highest BCUT2D eigenvalue weighted by Gasteiger charge is 2.44. The number of morpholine rings is 1. The summed E-state index contributed by atoms with van der Waals surface area (Å²) >= 11 is 0. The number of ether oxygens (including phenoxy) is 4. The summed E-state index contributed by atoms with van der Waals surface area (Å²) in [6.07, 6.45) is 4.53. The number of hydrogen-bond acceptors (Lipinski definition) is 7. The third kappa shape index (κ3) is 5.71. The SMILES string of the molecule is COc1cc2c(Oc3ccc(NC(=O)C4(C)CC4)cc3)ccnc2cc1OCCCN1CCOCC1. The maximum absolute atomic E-state index is 12.3. The molecule has 2 heterocycles. The van der Waals surface area contributed by atoms with Crippen LogP contribution in [0, 0.1) is 5.41 Å². The molecule has 1 saturated carbocycles. The van der Waals surface area contributed by atoms with Crippen LogP contribution in [0.1, 0.15) is 26.2 Å². The first-order chi connectivity index (χ1) is 17.5. The number of aromatic nitrogens is 1. The summed E-state index contributed by atoms with van der Waals surface area (Å²) in [6.45, 7) is 7.12. The molecule has 0 spiro atoms. The molecule has 1 saturated heterocycles. The number of pyridine rings is 1. The van der Waals surface area contributed by atoms with Crippen LogP contribution < -0.4 is 19.5 Å². The van der Waals surface area contributed by atoms with Gasteiger partial charge in [-0.15, -0.1) is 0 Å². The molecule has 0 radical (unpaired) electrons. The summed E-state index contributed by atoms with van der Waals surface area (Å²) in [5.41, 5.74) is 1.31. The number of carbonyl (C=O) groups excluding carboxylic acids is 1. The number of nitrogens with one attached hydrogen (secondary N) is 1. The van der Waals surface area contributed by atoms with Crippen molar-refractivity contribution in [1.82, 2.24) is 9.88 Å². The number of nitrogens with zero attached hydrogens (tertiary/aromatic N) is 2. The molecular formula is C28H33N3O5. The number of hydrogen-bond donors (Lipinski definition) is 1.